The van der Waals surface area contributed by atoms with Gasteiger partial charge in [-0.25, -0.2) is 4.68 Å². The van der Waals surface area contributed by atoms with Gasteiger partial charge in [-0.15, -0.1) is 11.3 Å². The first kappa shape index (κ1) is 16.3. The van der Waals surface area contributed by atoms with Crippen LogP contribution in [0.4, 0.5) is 5.95 Å². The Morgan fingerprint density at radius 2 is 2.17 bits per heavy atom. The van der Waals surface area contributed by atoms with Crippen LogP contribution in [0.1, 0.15) is 17.4 Å². The molecule has 126 valence electrons. The third-order valence-electron chi connectivity index (χ3n) is 3.46. The summed E-state index contributed by atoms with van der Waals surface area (Å²) in [5.41, 5.74) is 1.06. The normalized spacial score (nSPS) is 10.6. The van der Waals surface area contributed by atoms with E-state index >= 15 is 0 Å². The highest BCUT2D eigenvalue weighted by Crippen LogP contribution is 2.29. The molecule has 0 atom stereocenters. The lowest BCUT2D eigenvalue weighted by molar-refractivity contribution is 0.287. The molecule has 0 spiro atoms. The van der Waals surface area contributed by atoms with Crippen LogP contribution >= 0.6 is 11.3 Å². The van der Waals surface area contributed by atoms with Crippen LogP contribution in [0.25, 0.3) is 0 Å². The zero-order valence-electron chi connectivity index (χ0n) is 13.6. The average molecular weight is 345 g/mol. The number of methoxy groups -OCH3 is 1. The average Bonchev–Trinajstić information content (AvgIpc) is 3.29. The summed E-state index contributed by atoms with van der Waals surface area (Å²) in [6.07, 6.45) is 0. The second-order valence-corrected chi connectivity index (χ2v) is 6.06. The zero-order valence-corrected chi connectivity index (χ0v) is 14.4. The molecular formula is C16H19N5O2S. The number of tetrazole rings is 1. The topological polar surface area (TPSA) is 74.1 Å². The number of nitrogens with one attached hydrogen (secondary N) is 1. The Kier molecular flexibility index (Phi) is 5.27. The zero-order chi connectivity index (χ0) is 16.8. The summed E-state index contributed by atoms with van der Waals surface area (Å²) in [5, 5.41) is 16.8. The summed E-state index contributed by atoms with van der Waals surface area (Å²) >= 11 is 1.67. The number of ether oxygens (including phenoxy) is 2. The van der Waals surface area contributed by atoms with Crippen LogP contribution in [0.3, 0.4) is 0 Å². The van der Waals surface area contributed by atoms with E-state index in [0.717, 1.165) is 11.3 Å². The maximum atomic E-state index is 5.84. The maximum absolute atomic E-state index is 5.84. The van der Waals surface area contributed by atoms with Gasteiger partial charge in [-0.1, -0.05) is 17.2 Å². The van der Waals surface area contributed by atoms with Gasteiger partial charge in [0.2, 0.25) is 5.95 Å². The first-order valence-electron chi connectivity index (χ1n) is 7.62. The molecule has 0 radical (unpaired) electrons. The first-order chi connectivity index (χ1) is 11.8. The van der Waals surface area contributed by atoms with Crippen molar-refractivity contribution in [3.8, 4) is 11.5 Å². The first-order valence-corrected chi connectivity index (χ1v) is 8.50. The third-order valence-corrected chi connectivity index (χ3v) is 4.31. The lowest BCUT2D eigenvalue weighted by Gasteiger charge is -2.12. The van der Waals surface area contributed by atoms with E-state index in [1.165, 1.54) is 4.88 Å². The molecule has 2 aromatic heterocycles. The van der Waals surface area contributed by atoms with Crippen LogP contribution in [0.2, 0.25) is 0 Å². The number of anilines is 1. The van der Waals surface area contributed by atoms with Crippen molar-refractivity contribution in [1.29, 1.82) is 0 Å². The number of aromatic nitrogens is 4. The fourth-order valence-corrected chi connectivity index (χ4v) is 2.83. The summed E-state index contributed by atoms with van der Waals surface area (Å²) in [5.74, 6) is 2.09. The molecule has 0 amide bonds. The van der Waals surface area contributed by atoms with Crippen molar-refractivity contribution in [1.82, 2.24) is 20.2 Å². The van der Waals surface area contributed by atoms with Gasteiger partial charge in [0.15, 0.2) is 11.5 Å². The van der Waals surface area contributed by atoms with E-state index in [4.69, 9.17) is 9.47 Å². The van der Waals surface area contributed by atoms with Crippen molar-refractivity contribution in [2.45, 2.75) is 26.6 Å². The SMILES string of the molecule is CCn1nnnc1NCc1ccc(OCc2cccs2)c(OC)c1. The summed E-state index contributed by atoms with van der Waals surface area (Å²) in [4.78, 5) is 1.18. The molecular weight excluding hydrogens is 326 g/mol. The fraction of sp³-hybridized carbons (Fsp3) is 0.312. The molecule has 0 unspecified atom stereocenters. The molecule has 0 bridgehead atoms. The van der Waals surface area contributed by atoms with E-state index in [9.17, 15) is 0 Å². The van der Waals surface area contributed by atoms with Crippen LogP contribution in [0.15, 0.2) is 35.7 Å². The molecule has 1 N–H and O–H groups in total. The Hall–Kier alpha value is -2.61. The van der Waals surface area contributed by atoms with Crippen LogP contribution in [0.5, 0.6) is 11.5 Å². The molecule has 0 fully saturated rings. The minimum atomic E-state index is 0.539. The van der Waals surface area contributed by atoms with E-state index < -0.39 is 0 Å². The number of rotatable bonds is 8. The largest absolute Gasteiger partial charge is 0.493 e. The molecule has 7 nitrogen and oxygen atoms in total. The number of hydrogen-bond acceptors (Lipinski definition) is 7. The van der Waals surface area contributed by atoms with Gasteiger partial charge in [0.1, 0.15) is 6.61 Å². The van der Waals surface area contributed by atoms with Gasteiger partial charge in [-0.05, 0) is 46.5 Å². The number of hydrogen-bond donors (Lipinski definition) is 1. The van der Waals surface area contributed by atoms with E-state index in [2.05, 4.69) is 20.8 Å². The molecule has 1 aromatic carbocycles. The predicted octanol–water partition coefficient (Wildman–Crippen LogP) is 2.95. The highest BCUT2D eigenvalue weighted by Gasteiger charge is 2.08. The molecule has 0 aliphatic rings. The van der Waals surface area contributed by atoms with Crippen LogP contribution in [-0.2, 0) is 19.7 Å². The molecule has 3 rings (SSSR count). The smallest absolute Gasteiger partial charge is 0.243 e. The van der Waals surface area contributed by atoms with Crippen molar-refractivity contribution in [3.63, 3.8) is 0 Å². The van der Waals surface area contributed by atoms with Gasteiger partial charge in [0.25, 0.3) is 0 Å². The maximum Gasteiger partial charge on any atom is 0.243 e. The lowest BCUT2D eigenvalue weighted by atomic mass is 10.2. The quantitative estimate of drug-likeness (QED) is 0.676. The number of aryl methyl sites for hydroxylation is 1. The van der Waals surface area contributed by atoms with Crippen molar-refractivity contribution in [2.24, 2.45) is 0 Å². The molecule has 0 saturated carbocycles. The van der Waals surface area contributed by atoms with Gasteiger partial charge in [0.05, 0.1) is 7.11 Å². The third kappa shape index (κ3) is 3.83. The monoisotopic (exact) mass is 345 g/mol. The van der Waals surface area contributed by atoms with Crippen molar-refractivity contribution < 1.29 is 9.47 Å². The van der Waals surface area contributed by atoms with Crippen LogP contribution in [-0.4, -0.2) is 27.3 Å². The lowest BCUT2D eigenvalue weighted by Crippen LogP contribution is -2.08. The number of thiophene rings is 1. The summed E-state index contributed by atoms with van der Waals surface area (Å²) in [6.45, 7) is 3.84. The highest BCUT2D eigenvalue weighted by atomic mass is 32.1. The van der Waals surface area contributed by atoms with Gasteiger partial charge in [-0.3, -0.25) is 0 Å². The summed E-state index contributed by atoms with van der Waals surface area (Å²) in [6, 6.07) is 9.94. The molecule has 8 heteroatoms. The fourth-order valence-electron chi connectivity index (χ4n) is 2.21. The van der Waals surface area contributed by atoms with Crippen LogP contribution in [0, 0.1) is 0 Å². The second kappa shape index (κ2) is 7.78. The Morgan fingerprint density at radius 1 is 1.25 bits per heavy atom. The van der Waals surface area contributed by atoms with Gasteiger partial charge in [0, 0.05) is 18.0 Å². The minimum Gasteiger partial charge on any atom is -0.493 e. The van der Waals surface area contributed by atoms with E-state index in [1.807, 2.05) is 42.6 Å². The van der Waals surface area contributed by atoms with Gasteiger partial charge >= 0.3 is 0 Å². The summed E-state index contributed by atoms with van der Waals surface area (Å²) in [7, 11) is 1.64. The summed E-state index contributed by atoms with van der Waals surface area (Å²) < 4.78 is 13.0. The number of nitrogens with zero attached hydrogens (tertiary/aromatic N) is 4. The number of benzene rings is 1. The Labute approximate surface area is 144 Å². The van der Waals surface area contributed by atoms with Crippen LogP contribution < -0.4 is 14.8 Å². The van der Waals surface area contributed by atoms with Crippen molar-refractivity contribution in [2.75, 3.05) is 12.4 Å². The standard InChI is InChI=1S/C16H19N5O2S/c1-3-21-16(18-19-20-21)17-10-12-6-7-14(15(9-12)22-2)23-11-13-5-4-8-24-13/h4-9H,3,10-11H2,1-2H3,(H,17,18,20). The molecule has 0 aliphatic heterocycles. The molecule has 2 heterocycles. The molecule has 3 aromatic rings. The Bertz CT molecular complexity index is 773. The molecule has 24 heavy (non-hydrogen) atoms. The predicted molar refractivity (Wildman–Crippen MR) is 92.5 cm³/mol. The Morgan fingerprint density at radius 3 is 2.92 bits per heavy atom. The minimum absolute atomic E-state index is 0.539. The molecule has 0 saturated heterocycles. The second-order valence-electron chi connectivity index (χ2n) is 5.03. The highest BCUT2D eigenvalue weighted by molar-refractivity contribution is 7.09. The van der Waals surface area contributed by atoms with E-state index in [0.29, 0.717) is 31.4 Å². The van der Waals surface area contributed by atoms with Crippen molar-refractivity contribution in [3.05, 3.63) is 46.2 Å². The van der Waals surface area contributed by atoms with E-state index in [-0.39, 0.29) is 0 Å². The van der Waals surface area contributed by atoms with Crippen molar-refractivity contribution >= 4 is 17.3 Å². The van der Waals surface area contributed by atoms with Gasteiger partial charge in [-0.2, -0.15) is 0 Å². The molecule has 0 aliphatic carbocycles. The van der Waals surface area contributed by atoms with E-state index in [1.54, 1.807) is 23.1 Å². The Balaban J connectivity index is 1.64. The van der Waals surface area contributed by atoms with Gasteiger partial charge < -0.3 is 14.8 Å².